The van der Waals surface area contributed by atoms with Crippen LogP contribution in [0.5, 0.6) is 0 Å². The molecule has 1 amide bonds. The number of likely N-dealkylation sites (tertiary alicyclic amines) is 1. The van der Waals surface area contributed by atoms with Gasteiger partial charge in [0.2, 0.25) is 5.91 Å². The Morgan fingerprint density at radius 3 is 2.32 bits per heavy atom. The first-order valence-electron chi connectivity index (χ1n) is 8.87. The maximum atomic E-state index is 12.7. The third-order valence-corrected chi connectivity index (χ3v) is 4.93. The lowest BCUT2D eigenvalue weighted by Gasteiger charge is -2.24. The molecule has 1 heterocycles. The Morgan fingerprint density at radius 2 is 1.64 bits per heavy atom. The molecule has 0 spiro atoms. The summed E-state index contributed by atoms with van der Waals surface area (Å²) in [7, 11) is 0. The molecule has 2 N–H and O–H groups in total. The molecule has 1 fully saturated rings. The largest absolute Gasteiger partial charge is 0.341 e. The Kier molecular flexibility index (Phi) is 7.48. The van der Waals surface area contributed by atoms with Crippen molar-refractivity contribution in [1.82, 2.24) is 4.90 Å². The van der Waals surface area contributed by atoms with Gasteiger partial charge in [-0.05, 0) is 42.7 Å². The van der Waals surface area contributed by atoms with Crippen molar-refractivity contribution in [2.75, 3.05) is 13.1 Å². The fraction of sp³-hybridized carbons (Fsp3) is 0.381. The number of amides is 1. The molecule has 3 rings (SSSR count). The second-order valence-corrected chi connectivity index (χ2v) is 6.66. The number of hydrogen-bond donors (Lipinski definition) is 1. The molecule has 2 aromatic carbocycles. The standard InChI is InChI=1S/C21H26N2O.ClH/c22-20(16-17-8-3-1-4-9-17)21(24)23-14-7-12-19(13-15-23)18-10-5-2-6-11-18;/h1-6,8-11,19-20H,7,12-16,22H2;1H/t19?,20-;/m0./s1. The minimum Gasteiger partial charge on any atom is -0.341 e. The lowest BCUT2D eigenvalue weighted by molar-refractivity contribution is -0.132. The highest BCUT2D eigenvalue weighted by Gasteiger charge is 2.25. The molecule has 134 valence electrons. The van der Waals surface area contributed by atoms with Crippen LogP contribution in [0.4, 0.5) is 0 Å². The second-order valence-electron chi connectivity index (χ2n) is 6.66. The van der Waals surface area contributed by atoms with Gasteiger partial charge in [0.15, 0.2) is 0 Å². The normalized spacial score (nSPS) is 18.8. The van der Waals surface area contributed by atoms with E-state index in [1.165, 1.54) is 5.56 Å². The highest BCUT2D eigenvalue weighted by Crippen LogP contribution is 2.28. The molecule has 0 bridgehead atoms. The lowest BCUT2D eigenvalue weighted by Crippen LogP contribution is -2.45. The lowest BCUT2D eigenvalue weighted by atomic mass is 9.92. The van der Waals surface area contributed by atoms with Crippen LogP contribution in [0.3, 0.4) is 0 Å². The quantitative estimate of drug-likeness (QED) is 0.904. The van der Waals surface area contributed by atoms with Crippen molar-refractivity contribution in [3.05, 3.63) is 71.8 Å². The first kappa shape index (κ1) is 19.5. The van der Waals surface area contributed by atoms with Crippen molar-refractivity contribution in [3.8, 4) is 0 Å². The van der Waals surface area contributed by atoms with Crippen LogP contribution in [-0.2, 0) is 11.2 Å². The highest BCUT2D eigenvalue weighted by molar-refractivity contribution is 5.85. The zero-order valence-electron chi connectivity index (χ0n) is 14.5. The molecule has 1 saturated heterocycles. The average Bonchev–Trinajstić information content (AvgIpc) is 2.89. The summed E-state index contributed by atoms with van der Waals surface area (Å²) in [5.74, 6) is 0.641. The van der Waals surface area contributed by atoms with Gasteiger partial charge in [0.1, 0.15) is 0 Å². The van der Waals surface area contributed by atoms with Gasteiger partial charge in [-0.1, -0.05) is 60.7 Å². The predicted molar refractivity (Wildman–Crippen MR) is 105 cm³/mol. The molecular weight excluding hydrogens is 332 g/mol. The number of benzene rings is 2. The van der Waals surface area contributed by atoms with E-state index in [2.05, 4.69) is 30.3 Å². The molecule has 4 heteroatoms. The van der Waals surface area contributed by atoms with Gasteiger partial charge >= 0.3 is 0 Å². The zero-order chi connectivity index (χ0) is 16.8. The minimum atomic E-state index is -0.444. The molecule has 0 aliphatic carbocycles. The maximum Gasteiger partial charge on any atom is 0.239 e. The van der Waals surface area contributed by atoms with Crippen LogP contribution in [0.1, 0.15) is 36.3 Å². The van der Waals surface area contributed by atoms with Gasteiger partial charge in [-0.25, -0.2) is 0 Å². The van der Waals surface area contributed by atoms with Gasteiger partial charge in [0.25, 0.3) is 0 Å². The number of rotatable bonds is 4. The molecule has 2 aromatic rings. The summed E-state index contributed by atoms with van der Waals surface area (Å²) < 4.78 is 0. The molecular formula is C21H27ClN2O. The van der Waals surface area contributed by atoms with E-state index in [0.717, 1.165) is 37.9 Å². The smallest absolute Gasteiger partial charge is 0.239 e. The summed E-state index contributed by atoms with van der Waals surface area (Å²) >= 11 is 0. The third kappa shape index (κ3) is 5.32. The van der Waals surface area contributed by atoms with E-state index in [1.807, 2.05) is 35.2 Å². The summed E-state index contributed by atoms with van der Waals surface area (Å²) in [4.78, 5) is 14.7. The zero-order valence-corrected chi connectivity index (χ0v) is 15.3. The number of hydrogen-bond acceptors (Lipinski definition) is 2. The minimum absolute atomic E-state index is 0. The van der Waals surface area contributed by atoms with Crippen molar-refractivity contribution in [2.24, 2.45) is 5.73 Å². The fourth-order valence-corrected chi connectivity index (χ4v) is 3.57. The first-order chi connectivity index (χ1) is 11.7. The van der Waals surface area contributed by atoms with Gasteiger partial charge in [-0.2, -0.15) is 0 Å². The third-order valence-electron chi connectivity index (χ3n) is 4.93. The van der Waals surface area contributed by atoms with Crippen LogP contribution in [0.15, 0.2) is 60.7 Å². The highest BCUT2D eigenvalue weighted by atomic mass is 35.5. The van der Waals surface area contributed by atoms with Crippen molar-refractivity contribution >= 4 is 18.3 Å². The summed E-state index contributed by atoms with van der Waals surface area (Å²) in [6.07, 6.45) is 3.82. The average molecular weight is 359 g/mol. The van der Waals surface area contributed by atoms with Crippen LogP contribution in [-0.4, -0.2) is 29.9 Å². The number of halogens is 1. The SMILES string of the molecule is Cl.N[C@@H](Cc1ccccc1)C(=O)N1CCCC(c2ccccc2)CC1. The van der Waals surface area contributed by atoms with E-state index >= 15 is 0 Å². The molecule has 0 aromatic heterocycles. The Labute approximate surface area is 156 Å². The monoisotopic (exact) mass is 358 g/mol. The molecule has 0 saturated carbocycles. The summed E-state index contributed by atoms with van der Waals surface area (Å²) in [6.45, 7) is 1.63. The van der Waals surface area contributed by atoms with E-state index < -0.39 is 6.04 Å². The van der Waals surface area contributed by atoms with Gasteiger partial charge in [0, 0.05) is 13.1 Å². The number of carbonyl (C=O) groups excluding carboxylic acids is 1. The van der Waals surface area contributed by atoms with Crippen LogP contribution in [0.25, 0.3) is 0 Å². The molecule has 1 aliphatic rings. The van der Waals surface area contributed by atoms with Crippen LogP contribution >= 0.6 is 12.4 Å². The van der Waals surface area contributed by atoms with E-state index in [-0.39, 0.29) is 18.3 Å². The molecule has 0 radical (unpaired) electrons. The first-order valence-corrected chi connectivity index (χ1v) is 8.87. The fourth-order valence-electron chi connectivity index (χ4n) is 3.57. The summed E-state index contributed by atoms with van der Waals surface area (Å²) in [6, 6.07) is 20.2. The Hall–Kier alpha value is -1.84. The molecule has 25 heavy (non-hydrogen) atoms. The topological polar surface area (TPSA) is 46.3 Å². The molecule has 1 aliphatic heterocycles. The Bertz CT molecular complexity index is 647. The van der Waals surface area contributed by atoms with Crippen LogP contribution < -0.4 is 5.73 Å². The van der Waals surface area contributed by atoms with Crippen molar-refractivity contribution < 1.29 is 4.79 Å². The maximum absolute atomic E-state index is 12.7. The van der Waals surface area contributed by atoms with Gasteiger partial charge in [0.05, 0.1) is 6.04 Å². The molecule has 1 unspecified atom stereocenters. The van der Waals surface area contributed by atoms with E-state index in [9.17, 15) is 4.79 Å². The van der Waals surface area contributed by atoms with Crippen LogP contribution in [0.2, 0.25) is 0 Å². The Morgan fingerprint density at radius 1 is 1.00 bits per heavy atom. The van der Waals surface area contributed by atoms with E-state index in [1.54, 1.807) is 0 Å². The number of nitrogens with zero attached hydrogens (tertiary/aromatic N) is 1. The van der Waals surface area contributed by atoms with Gasteiger partial charge < -0.3 is 10.6 Å². The summed E-state index contributed by atoms with van der Waals surface area (Å²) in [5, 5.41) is 0. The molecule has 2 atom stereocenters. The van der Waals surface area contributed by atoms with Crippen molar-refractivity contribution in [2.45, 2.75) is 37.6 Å². The van der Waals surface area contributed by atoms with E-state index in [0.29, 0.717) is 12.3 Å². The second kappa shape index (κ2) is 9.59. The van der Waals surface area contributed by atoms with Crippen molar-refractivity contribution in [1.29, 1.82) is 0 Å². The number of carbonyl (C=O) groups is 1. The van der Waals surface area contributed by atoms with Gasteiger partial charge in [-0.15, -0.1) is 12.4 Å². The van der Waals surface area contributed by atoms with Crippen LogP contribution in [0, 0.1) is 0 Å². The van der Waals surface area contributed by atoms with Gasteiger partial charge in [-0.3, -0.25) is 4.79 Å². The Balaban J connectivity index is 0.00000225. The van der Waals surface area contributed by atoms with E-state index in [4.69, 9.17) is 5.73 Å². The predicted octanol–water partition coefficient (Wildman–Crippen LogP) is 3.77. The molecule has 3 nitrogen and oxygen atoms in total. The summed E-state index contributed by atoms with van der Waals surface area (Å²) in [5.41, 5.74) is 8.70. The number of nitrogens with two attached hydrogens (primary N) is 1. The van der Waals surface area contributed by atoms with Crippen molar-refractivity contribution in [3.63, 3.8) is 0 Å².